The van der Waals surface area contributed by atoms with Crippen LogP contribution in [0.5, 0.6) is 5.75 Å². The molecule has 1 aromatic rings. The van der Waals surface area contributed by atoms with Crippen molar-refractivity contribution >= 4 is 15.8 Å². The van der Waals surface area contributed by atoms with E-state index in [1.54, 1.807) is 6.92 Å². The molecule has 0 saturated carbocycles. The molecule has 0 aromatic heterocycles. The van der Waals surface area contributed by atoms with E-state index < -0.39 is 21.9 Å². The van der Waals surface area contributed by atoms with Gasteiger partial charge < -0.3 is 9.47 Å². The molecule has 0 N–H and O–H groups in total. The van der Waals surface area contributed by atoms with E-state index in [2.05, 4.69) is 4.74 Å². The first kappa shape index (κ1) is 13.5. The first-order valence-corrected chi connectivity index (χ1v) is 6.78. The molecule has 1 atom stereocenters. The zero-order chi connectivity index (χ0) is 13.1. The summed E-state index contributed by atoms with van der Waals surface area (Å²) in [5.74, 6) is -0.0764. The summed E-state index contributed by atoms with van der Waals surface area (Å²) in [5.41, 5.74) is 0. The Morgan fingerprint density at radius 3 is 2.18 bits per heavy atom. The van der Waals surface area contributed by atoms with E-state index >= 15 is 0 Å². The fourth-order valence-corrected chi connectivity index (χ4v) is 1.81. The molecule has 0 spiro atoms. The molecule has 0 bridgehead atoms. The number of methoxy groups -OCH3 is 1. The van der Waals surface area contributed by atoms with Gasteiger partial charge in [0.25, 0.3) is 0 Å². The Hall–Kier alpha value is -1.56. The summed E-state index contributed by atoms with van der Waals surface area (Å²) in [6.07, 6.45) is 0.393. The lowest BCUT2D eigenvalue weighted by Crippen LogP contribution is -2.24. The van der Waals surface area contributed by atoms with Crippen molar-refractivity contribution in [1.82, 2.24) is 0 Å². The number of carbonyl (C=O) groups is 1. The third-order valence-corrected chi connectivity index (χ3v) is 3.23. The van der Waals surface area contributed by atoms with E-state index in [9.17, 15) is 13.2 Å². The second-order valence-corrected chi connectivity index (χ2v) is 5.54. The highest BCUT2D eigenvalue weighted by Gasteiger charge is 2.15. The first-order chi connectivity index (χ1) is 7.84. The van der Waals surface area contributed by atoms with Gasteiger partial charge in [-0.25, -0.2) is 13.2 Å². The van der Waals surface area contributed by atoms with Crippen LogP contribution in [0.1, 0.15) is 6.92 Å². The van der Waals surface area contributed by atoms with Crippen molar-refractivity contribution in [2.45, 2.75) is 17.9 Å². The van der Waals surface area contributed by atoms with Gasteiger partial charge >= 0.3 is 5.97 Å². The number of esters is 1. The molecule has 0 unspecified atom stereocenters. The molecule has 0 heterocycles. The number of carbonyl (C=O) groups excluding carboxylic acids is 1. The molecule has 0 saturated heterocycles. The minimum atomic E-state index is -3.22. The van der Waals surface area contributed by atoms with Gasteiger partial charge in [0.2, 0.25) is 0 Å². The Morgan fingerprint density at radius 1 is 1.24 bits per heavy atom. The van der Waals surface area contributed by atoms with E-state index in [-0.39, 0.29) is 4.90 Å². The zero-order valence-corrected chi connectivity index (χ0v) is 10.7. The Bertz CT molecular complexity index is 489. The highest BCUT2D eigenvalue weighted by Crippen LogP contribution is 2.17. The second kappa shape index (κ2) is 5.18. The third-order valence-electron chi connectivity index (χ3n) is 2.10. The molecule has 0 radical (unpaired) electrons. The van der Waals surface area contributed by atoms with E-state index in [0.29, 0.717) is 5.75 Å². The number of ether oxygens (including phenoxy) is 2. The summed E-state index contributed by atoms with van der Waals surface area (Å²) >= 11 is 0. The van der Waals surface area contributed by atoms with Crippen molar-refractivity contribution in [2.24, 2.45) is 0 Å². The third kappa shape index (κ3) is 3.74. The summed E-state index contributed by atoms with van der Waals surface area (Å²) in [7, 11) is -1.94. The van der Waals surface area contributed by atoms with Crippen LogP contribution in [0.25, 0.3) is 0 Å². The lowest BCUT2D eigenvalue weighted by Gasteiger charge is -2.12. The predicted molar refractivity (Wildman–Crippen MR) is 61.7 cm³/mol. The van der Waals surface area contributed by atoms with Crippen LogP contribution >= 0.6 is 0 Å². The first-order valence-electron chi connectivity index (χ1n) is 4.89. The van der Waals surface area contributed by atoms with Crippen LogP contribution in [-0.4, -0.2) is 33.9 Å². The number of hydrogen-bond acceptors (Lipinski definition) is 5. The average molecular weight is 258 g/mol. The van der Waals surface area contributed by atoms with Gasteiger partial charge in [-0.3, -0.25) is 0 Å². The fraction of sp³-hybridized carbons (Fsp3) is 0.364. The second-order valence-electron chi connectivity index (χ2n) is 3.53. The SMILES string of the molecule is COC(=O)[C@H](C)Oc1ccc(S(C)(=O)=O)cc1. The number of benzene rings is 1. The van der Waals surface area contributed by atoms with Crippen molar-refractivity contribution in [3.8, 4) is 5.75 Å². The zero-order valence-electron chi connectivity index (χ0n) is 9.84. The van der Waals surface area contributed by atoms with E-state index in [0.717, 1.165) is 6.26 Å². The minimum Gasteiger partial charge on any atom is -0.479 e. The Balaban J connectivity index is 2.79. The molecular formula is C11H14O5S. The lowest BCUT2D eigenvalue weighted by atomic mass is 10.3. The predicted octanol–water partition coefficient (Wildman–Crippen LogP) is 1.03. The quantitative estimate of drug-likeness (QED) is 0.754. The van der Waals surface area contributed by atoms with Crippen molar-refractivity contribution in [2.75, 3.05) is 13.4 Å². The van der Waals surface area contributed by atoms with Crippen molar-refractivity contribution in [1.29, 1.82) is 0 Å². The summed E-state index contributed by atoms with van der Waals surface area (Å²) in [6, 6.07) is 5.84. The van der Waals surface area contributed by atoms with Crippen LogP contribution in [0, 0.1) is 0 Å². The molecule has 0 fully saturated rings. The Kier molecular flexibility index (Phi) is 4.11. The maximum atomic E-state index is 11.2. The van der Waals surface area contributed by atoms with E-state index in [1.807, 2.05) is 0 Å². The largest absolute Gasteiger partial charge is 0.479 e. The standard InChI is InChI=1S/C11H14O5S/c1-8(11(12)15-2)16-9-4-6-10(7-5-9)17(3,13)14/h4-8H,1-3H3/t8-/m0/s1. The molecule has 0 amide bonds. The molecule has 0 aliphatic rings. The smallest absolute Gasteiger partial charge is 0.346 e. The molecule has 17 heavy (non-hydrogen) atoms. The Labute approximate surface area is 100 Å². The maximum Gasteiger partial charge on any atom is 0.346 e. The fourth-order valence-electron chi connectivity index (χ4n) is 1.18. The Morgan fingerprint density at radius 2 is 1.76 bits per heavy atom. The van der Waals surface area contributed by atoms with Gasteiger partial charge in [0.05, 0.1) is 12.0 Å². The number of rotatable bonds is 4. The van der Waals surface area contributed by atoms with Gasteiger partial charge in [-0.05, 0) is 31.2 Å². The summed E-state index contributed by atoms with van der Waals surface area (Å²) in [4.78, 5) is 11.3. The van der Waals surface area contributed by atoms with Crippen LogP contribution in [0.4, 0.5) is 0 Å². The van der Waals surface area contributed by atoms with Gasteiger partial charge in [-0.2, -0.15) is 0 Å². The molecule has 0 aliphatic heterocycles. The lowest BCUT2D eigenvalue weighted by molar-refractivity contribution is -0.147. The molecular weight excluding hydrogens is 244 g/mol. The molecule has 1 rings (SSSR count). The van der Waals surface area contributed by atoms with Crippen LogP contribution in [0.3, 0.4) is 0 Å². The van der Waals surface area contributed by atoms with Crippen LogP contribution < -0.4 is 4.74 Å². The van der Waals surface area contributed by atoms with Crippen molar-refractivity contribution in [3.63, 3.8) is 0 Å². The van der Waals surface area contributed by atoms with E-state index in [4.69, 9.17) is 4.74 Å². The van der Waals surface area contributed by atoms with Gasteiger partial charge in [0.15, 0.2) is 15.9 Å². The minimum absolute atomic E-state index is 0.204. The highest BCUT2D eigenvalue weighted by molar-refractivity contribution is 7.90. The molecule has 94 valence electrons. The van der Waals surface area contributed by atoms with Gasteiger partial charge in [0, 0.05) is 6.26 Å². The van der Waals surface area contributed by atoms with E-state index in [1.165, 1.54) is 31.4 Å². The summed E-state index contributed by atoms with van der Waals surface area (Å²) in [5, 5.41) is 0. The van der Waals surface area contributed by atoms with Gasteiger partial charge in [0.1, 0.15) is 5.75 Å². The normalized spacial score (nSPS) is 12.9. The number of sulfone groups is 1. The van der Waals surface area contributed by atoms with Crippen LogP contribution in [-0.2, 0) is 19.4 Å². The van der Waals surface area contributed by atoms with Gasteiger partial charge in [-0.15, -0.1) is 0 Å². The topological polar surface area (TPSA) is 69.7 Å². The molecule has 1 aromatic carbocycles. The molecule has 0 aliphatic carbocycles. The average Bonchev–Trinajstić information content (AvgIpc) is 2.27. The van der Waals surface area contributed by atoms with Crippen LogP contribution in [0.15, 0.2) is 29.2 Å². The van der Waals surface area contributed by atoms with Crippen LogP contribution in [0.2, 0.25) is 0 Å². The van der Waals surface area contributed by atoms with Gasteiger partial charge in [-0.1, -0.05) is 0 Å². The van der Waals surface area contributed by atoms with Crippen molar-refractivity contribution < 1.29 is 22.7 Å². The number of hydrogen-bond donors (Lipinski definition) is 0. The summed E-state index contributed by atoms with van der Waals surface area (Å²) in [6.45, 7) is 1.55. The highest BCUT2D eigenvalue weighted by atomic mass is 32.2. The maximum absolute atomic E-state index is 11.2. The molecule has 5 nitrogen and oxygen atoms in total. The summed E-state index contributed by atoms with van der Waals surface area (Å²) < 4.78 is 32.2. The molecule has 6 heteroatoms. The monoisotopic (exact) mass is 258 g/mol. The van der Waals surface area contributed by atoms with Crippen molar-refractivity contribution in [3.05, 3.63) is 24.3 Å².